The fourth-order valence-corrected chi connectivity index (χ4v) is 8.05. The quantitative estimate of drug-likeness (QED) is 0.645. The third-order valence-corrected chi connectivity index (χ3v) is 9.14. The number of hydrogen-bond acceptors (Lipinski definition) is 2. The van der Waals surface area contributed by atoms with Gasteiger partial charge in [-0.15, -0.1) is 0 Å². The predicted molar refractivity (Wildman–Crippen MR) is 93.3 cm³/mol. The average molecular weight is 326 g/mol. The summed E-state index contributed by atoms with van der Waals surface area (Å²) in [6, 6.07) is 0. The van der Waals surface area contributed by atoms with Crippen LogP contribution in [0.25, 0.3) is 0 Å². The van der Waals surface area contributed by atoms with Crippen molar-refractivity contribution in [2.75, 3.05) is 0 Å². The van der Waals surface area contributed by atoms with Crippen LogP contribution in [0, 0.1) is 40.4 Å². The molecule has 0 amide bonds. The van der Waals surface area contributed by atoms with Crippen molar-refractivity contribution in [2.24, 2.45) is 40.4 Å². The Balaban J connectivity index is 1.55. The molecule has 0 saturated heterocycles. The second-order valence-electron chi connectivity index (χ2n) is 9.91. The molecule has 5 rings (SSSR count). The summed E-state index contributed by atoms with van der Waals surface area (Å²) in [4.78, 5) is 25.1. The molecule has 0 heterocycles. The summed E-state index contributed by atoms with van der Waals surface area (Å²) in [5, 5.41) is 0. The molecule has 0 bridgehead atoms. The van der Waals surface area contributed by atoms with Crippen LogP contribution in [0.5, 0.6) is 0 Å². The number of hydrogen-bond donors (Lipinski definition) is 0. The Kier molecular flexibility index (Phi) is 3.09. The normalized spacial score (nSPS) is 53.1. The number of carbonyl (C=O) groups is 2. The van der Waals surface area contributed by atoms with E-state index in [0.29, 0.717) is 35.2 Å². The average Bonchev–Trinajstić information content (AvgIpc) is 3.10. The molecule has 4 saturated carbocycles. The lowest BCUT2D eigenvalue weighted by atomic mass is 9.46. The molecule has 4 fully saturated rings. The summed E-state index contributed by atoms with van der Waals surface area (Å²) in [5.41, 5.74) is 1.65. The number of carbonyl (C=O) groups excluding carboxylic acids is 2. The van der Waals surface area contributed by atoms with Crippen LogP contribution in [-0.4, -0.2) is 11.6 Å². The van der Waals surface area contributed by atoms with Gasteiger partial charge in [-0.25, -0.2) is 0 Å². The Morgan fingerprint density at radius 3 is 2.58 bits per heavy atom. The molecular weight excluding hydrogens is 296 g/mol. The summed E-state index contributed by atoms with van der Waals surface area (Å²) >= 11 is 0. The maximum absolute atomic E-state index is 13.2. The standard InChI is InChI=1S/C22H30O2/c1-21-10-8-14(23)12-13(21)6-7-17-18(21)9-11-22(2)19(17)15-4-3-5-16(15)20(22)24/h12,15-19H,3-11H2,1-2H3/t15-,16+,17?,18?,19?,21-,22-/m0/s1. The van der Waals surface area contributed by atoms with E-state index in [1.54, 1.807) is 0 Å². The molecule has 5 aliphatic carbocycles. The van der Waals surface area contributed by atoms with E-state index in [9.17, 15) is 9.59 Å². The van der Waals surface area contributed by atoms with Gasteiger partial charge in [0.1, 0.15) is 5.78 Å². The zero-order valence-electron chi connectivity index (χ0n) is 15.1. The van der Waals surface area contributed by atoms with Crippen LogP contribution in [-0.2, 0) is 9.59 Å². The van der Waals surface area contributed by atoms with Gasteiger partial charge in [0.25, 0.3) is 0 Å². The Morgan fingerprint density at radius 1 is 0.917 bits per heavy atom. The Hall–Kier alpha value is -0.920. The number of allylic oxidation sites excluding steroid dienone is 1. The summed E-state index contributed by atoms with van der Waals surface area (Å²) in [6.07, 6.45) is 12.1. The van der Waals surface area contributed by atoms with E-state index in [1.807, 2.05) is 6.08 Å². The molecule has 0 N–H and O–H groups in total. The summed E-state index contributed by atoms with van der Waals surface area (Å²) < 4.78 is 0. The van der Waals surface area contributed by atoms with Gasteiger partial charge in [0.2, 0.25) is 0 Å². The van der Waals surface area contributed by atoms with Crippen LogP contribution in [0.4, 0.5) is 0 Å². The second kappa shape index (κ2) is 4.83. The molecule has 130 valence electrons. The van der Waals surface area contributed by atoms with Gasteiger partial charge >= 0.3 is 0 Å². The van der Waals surface area contributed by atoms with E-state index in [-0.39, 0.29) is 10.8 Å². The van der Waals surface area contributed by atoms with Gasteiger partial charge in [0, 0.05) is 17.8 Å². The molecule has 5 aliphatic rings. The van der Waals surface area contributed by atoms with Crippen molar-refractivity contribution in [3.8, 4) is 0 Å². The molecule has 0 radical (unpaired) electrons. The van der Waals surface area contributed by atoms with Gasteiger partial charge < -0.3 is 0 Å². The lowest BCUT2D eigenvalue weighted by Crippen LogP contribution is -2.51. The predicted octanol–water partition coefficient (Wildman–Crippen LogP) is 4.72. The molecule has 24 heavy (non-hydrogen) atoms. The lowest BCUT2D eigenvalue weighted by Gasteiger charge is -2.57. The van der Waals surface area contributed by atoms with Crippen molar-refractivity contribution in [2.45, 2.75) is 71.6 Å². The van der Waals surface area contributed by atoms with Gasteiger partial charge in [-0.1, -0.05) is 25.8 Å². The monoisotopic (exact) mass is 326 g/mol. The largest absolute Gasteiger partial charge is 0.299 e. The second-order valence-corrected chi connectivity index (χ2v) is 9.91. The SMILES string of the molecule is C[C@]12CCC(=O)C=C1CCC1C2CC[C@]2(C)C(=O)[C@@H]3CCC[C@@H]3C12. The zero-order valence-corrected chi connectivity index (χ0v) is 15.1. The van der Waals surface area contributed by atoms with Crippen molar-refractivity contribution in [1.82, 2.24) is 0 Å². The summed E-state index contributed by atoms with van der Waals surface area (Å²) in [6.45, 7) is 4.75. The first-order chi connectivity index (χ1) is 11.4. The molecule has 2 nitrogen and oxygen atoms in total. The van der Waals surface area contributed by atoms with E-state index in [2.05, 4.69) is 13.8 Å². The van der Waals surface area contributed by atoms with Crippen molar-refractivity contribution >= 4 is 11.6 Å². The van der Waals surface area contributed by atoms with E-state index < -0.39 is 0 Å². The fraction of sp³-hybridized carbons (Fsp3) is 0.818. The smallest absolute Gasteiger partial charge is 0.155 e. The minimum absolute atomic E-state index is 0.0288. The van der Waals surface area contributed by atoms with Crippen molar-refractivity contribution < 1.29 is 9.59 Å². The van der Waals surface area contributed by atoms with Crippen LogP contribution in [0.1, 0.15) is 71.6 Å². The number of Topliss-reactive ketones (excluding diaryl/α,β-unsaturated/α-hetero) is 1. The third-order valence-electron chi connectivity index (χ3n) is 9.14. The fourth-order valence-electron chi connectivity index (χ4n) is 8.05. The van der Waals surface area contributed by atoms with Gasteiger partial charge in [0.05, 0.1) is 0 Å². The number of ketones is 2. The third kappa shape index (κ3) is 1.73. The van der Waals surface area contributed by atoms with Crippen molar-refractivity contribution in [3.63, 3.8) is 0 Å². The molecule has 2 heteroatoms. The lowest BCUT2D eigenvalue weighted by molar-refractivity contribution is -0.135. The van der Waals surface area contributed by atoms with Gasteiger partial charge in [-0.2, -0.15) is 0 Å². The topological polar surface area (TPSA) is 34.1 Å². The van der Waals surface area contributed by atoms with Crippen molar-refractivity contribution in [3.05, 3.63) is 11.6 Å². The van der Waals surface area contributed by atoms with Crippen LogP contribution in [0.3, 0.4) is 0 Å². The van der Waals surface area contributed by atoms with E-state index >= 15 is 0 Å². The Morgan fingerprint density at radius 2 is 1.75 bits per heavy atom. The molecule has 0 spiro atoms. The van der Waals surface area contributed by atoms with Crippen LogP contribution < -0.4 is 0 Å². The molecule has 7 atom stereocenters. The Bertz CT molecular complexity index is 646. The molecule has 0 aromatic heterocycles. The molecule has 0 aromatic rings. The first-order valence-corrected chi connectivity index (χ1v) is 10.2. The van der Waals surface area contributed by atoms with Crippen LogP contribution in [0.15, 0.2) is 11.6 Å². The van der Waals surface area contributed by atoms with Crippen molar-refractivity contribution in [1.29, 1.82) is 0 Å². The van der Waals surface area contributed by atoms with Gasteiger partial charge in [-0.3, -0.25) is 9.59 Å². The molecule has 0 aliphatic heterocycles. The van der Waals surface area contributed by atoms with Gasteiger partial charge in [0.15, 0.2) is 5.78 Å². The molecule has 0 aromatic carbocycles. The van der Waals surface area contributed by atoms with E-state index in [0.717, 1.165) is 38.0 Å². The highest BCUT2D eigenvalue weighted by molar-refractivity contribution is 5.92. The van der Waals surface area contributed by atoms with Gasteiger partial charge in [-0.05, 0) is 80.1 Å². The first-order valence-electron chi connectivity index (χ1n) is 10.2. The van der Waals surface area contributed by atoms with Crippen LogP contribution >= 0.6 is 0 Å². The first kappa shape index (κ1) is 15.3. The van der Waals surface area contributed by atoms with E-state index in [1.165, 1.54) is 31.3 Å². The highest BCUT2D eigenvalue weighted by Gasteiger charge is 2.65. The van der Waals surface area contributed by atoms with E-state index in [4.69, 9.17) is 0 Å². The highest BCUT2D eigenvalue weighted by Crippen LogP contribution is 2.68. The van der Waals surface area contributed by atoms with Crippen LogP contribution in [0.2, 0.25) is 0 Å². The molecule has 3 unspecified atom stereocenters. The minimum atomic E-state index is -0.0288. The number of rotatable bonds is 0. The maximum atomic E-state index is 13.2. The minimum Gasteiger partial charge on any atom is -0.299 e. The highest BCUT2D eigenvalue weighted by atomic mass is 16.1. The number of fused-ring (bicyclic) bond motifs is 7. The maximum Gasteiger partial charge on any atom is 0.155 e. The summed E-state index contributed by atoms with van der Waals surface area (Å²) in [7, 11) is 0. The molecular formula is C22H30O2. The zero-order chi connectivity index (χ0) is 16.7. The Labute approximate surface area is 145 Å². The summed E-state index contributed by atoms with van der Waals surface area (Å²) in [5.74, 6) is 4.08.